The first kappa shape index (κ1) is 27.8. The molecule has 0 radical (unpaired) electrons. The van der Waals surface area contributed by atoms with Gasteiger partial charge in [-0.2, -0.15) is 8.42 Å². The van der Waals surface area contributed by atoms with Crippen molar-refractivity contribution in [2.75, 3.05) is 18.4 Å². The lowest BCUT2D eigenvalue weighted by molar-refractivity contribution is -0.116. The van der Waals surface area contributed by atoms with E-state index in [4.69, 9.17) is 8.92 Å². The van der Waals surface area contributed by atoms with Crippen molar-refractivity contribution >= 4 is 48.8 Å². The van der Waals surface area contributed by atoms with Gasteiger partial charge in [0.25, 0.3) is 0 Å². The maximum absolute atomic E-state index is 13.1. The summed E-state index contributed by atoms with van der Waals surface area (Å²) in [5.41, 5.74) is 0.0643. The summed E-state index contributed by atoms with van der Waals surface area (Å²) in [6, 6.07) is 8.97. The lowest BCUT2D eigenvalue weighted by atomic mass is 9.92. The Morgan fingerprint density at radius 1 is 1.13 bits per heavy atom. The van der Waals surface area contributed by atoms with Crippen molar-refractivity contribution in [3.63, 3.8) is 0 Å². The number of carbonyl (C=O) groups excluding carboxylic acids is 2. The SMILES string of the molecule is CC(C)(C)OC(=O)N1CCC(CCC(=O)Nc2nc3ccc(OS(=O)(=O)c4ccc(F)cc4)cc3s2)CC1. The number of amides is 2. The Kier molecular flexibility index (Phi) is 8.22. The van der Waals surface area contributed by atoms with Gasteiger partial charge in [-0.3, -0.25) is 4.79 Å². The van der Waals surface area contributed by atoms with E-state index in [0.717, 1.165) is 37.1 Å². The van der Waals surface area contributed by atoms with Gasteiger partial charge >= 0.3 is 16.2 Å². The molecule has 2 amide bonds. The second-order valence-electron chi connectivity index (χ2n) is 10.1. The Morgan fingerprint density at radius 2 is 1.82 bits per heavy atom. The first-order valence-corrected chi connectivity index (χ1v) is 14.5. The van der Waals surface area contributed by atoms with Crippen LogP contribution in [0.4, 0.5) is 14.3 Å². The largest absolute Gasteiger partial charge is 0.444 e. The number of benzene rings is 2. The molecular weight excluding hydrogens is 533 g/mol. The van der Waals surface area contributed by atoms with Gasteiger partial charge in [0.1, 0.15) is 22.1 Å². The fourth-order valence-electron chi connectivity index (χ4n) is 4.03. The van der Waals surface area contributed by atoms with Crippen LogP contribution in [0.15, 0.2) is 47.4 Å². The second kappa shape index (κ2) is 11.2. The van der Waals surface area contributed by atoms with Gasteiger partial charge in [-0.05, 0) is 82.3 Å². The monoisotopic (exact) mass is 563 g/mol. The molecule has 0 aliphatic carbocycles. The molecule has 1 aliphatic heterocycles. The first-order valence-electron chi connectivity index (χ1n) is 12.3. The number of fused-ring (bicyclic) bond motifs is 1. The summed E-state index contributed by atoms with van der Waals surface area (Å²) in [5.74, 6) is -0.277. The molecule has 38 heavy (non-hydrogen) atoms. The number of rotatable bonds is 7. The summed E-state index contributed by atoms with van der Waals surface area (Å²) in [6.45, 7) is 6.75. The smallest absolute Gasteiger partial charge is 0.410 e. The van der Waals surface area contributed by atoms with Crippen LogP contribution in [0, 0.1) is 11.7 Å². The lowest BCUT2D eigenvalue weighted by Crippen LogP contribution is -2.41. The van der Waals surface area contributed by atoms with Crippen molar-refractivity contribution in [3.8, 4) is 5.75 Å². The molecule has 2 aromatic carbocycles. The Labute approximate surface area is 225 Å². The molecular formula is C26H30FN3O6S2. The Hall–Kier alpha value is -3.25. The van der Waals surface area contributed by atoms with Crippen molar-refractivity contribution in [3.05, 3.63) is 48.3 Å². The van der Waals surface area contributed by atoms with Gasteiger partial charge < -0.3 is 19.1 Å². The molecule has 1 aromatic heterocycles. The Bertz CT molecular complexity index is 1410. The van der Waals surface area contributed by atoms with Gasteiger partial charge in [0.15, 0.2) is 5.13 Å². The topological polar surface area (TPSA) is 115 Å². The highest BCUT2D eigenvalue weighted by Gasteiger charge is 2.27. The fourth-order valence-corrected chi connectivity index (χ4v) is 5.87. The highest BCUT2D eigenvalue weighted by Crippen LogP contribution is 2.31. The predicted molar refractivity (Wildman–Crippen MR) is 142 cm³/mol. The molecule has 1 fully saturated rings. The number of aromatic nitrogens is 1. The van der Waals surface area contributed by atoms with Gasteiger partial charge in [0.2, 0.25) is 5.91 Å². The maximum Gasteiger partial charge on any atom is 0.410 e. The molecule has 4 rings (SSSR count). The number of hydrogen-bond acceptors (Lipinski definition) is 8. The zero-order valence-corrected chi connectivity index (χ0v) is 23.0. The van der Waals surface area contributed by atoms with Gasteiger partial charge in [0, 0.05) is 25.6 Å². The minimum atomic E-state index is -4.13. The molecule has 3 aromatic rings. The fraction of sp³-hybridized carbons (Fsp3) is 0.423. The summed E-state index contributed by atoms with van der Waals surface area (Å²) in [5, 5.41) is 3.22. The quantitative estimate of drug-likeness (QED) is 0.374. The average Bonchev–Trinajstić information content (AvgIpc) is 3.23. The zero-order valence-electron chi connectivity index (χ0n) is 21.4. The molecule has 0 spiro atoms. The van der Waals surface area contributed by atoms with E-state index in [1.807, 2.05) is 20.8 Å². The van der Waals surface area contributed by atoms with Crippen molar-refractivity contribution < 1.29 is 31.3 Å². The number of thiazole rings is 1. The van der Waals surface area contributed by atoms with Crippen LogP contribution >= 0.6 is 11.3 Å². The van der Waals surface area contributed by atoms with Crippen molar-refractivity contribution in [1.29, 1.82) is 0 Å². The number of ether oxygens (including phenoxy) is 1. The van der Waals surface area contributed by atoms with E-state index >= 15 is 0 Å². The van der Waals surface area contributed by atoms with Crippen LogP contribution < -0.4 is 9.50 Å². The molecule has 1 aliphatic rings. The van der Waals surface area contributed by atoms with Crippen LogP contribution in [0.1, 0.15) is 46.5 Å². The number of halogens is 1. The molecule has 0 unspecified atom stereocenters. The number of carbonyl (C=O) groups is 2. The molecule has 9 nitrogen and oxygen atoms in total. The van der Waals surface area contributed by atoms with Gasteiger partial charge in [-0.15, -0.1) is 0 Å². The predicted octanol–water partition coefficient (Wildman–Crippen LogP) is 5.57. The summed E-state index contributed by atoms with van der Waals surface area (Å²) in [6.07, 6.45) is 2.37. The summed E-state index contributed by atoms with van der Waals surface area (Å²) in [7, 11) is -4.13. The second-order valence-corrected chi connectivity index (χ2v) is 12.7. The highest BCUT2D eigenvalue weighted by atomic mass is 32.2. The molecule has 2 heterocycles. The third-order valence-electron chi connectivity index (χ3n) is 5.96. The highest BCUT2D eigenvalue weighted by molar-refractivity contribution is 7.87. The number of anilines is 1. The van der Waals surface area contributed by atoms with Crippen LogP contribution in [-0.4, -0.2) is 49.0 Å². The number of likely N-dealkylation sites (tertiary alicyclic amines) is 1. The Morgan fingerprint density at radius 3 is 2.47 bits per heavy atom. The van der Waals surface area contributed by atoms with Gasteiger partial charge in [-0.25, -0.2) is 14.2 Å². The summed E-state index contributed by atoms with van der Waals surface area (Å²) < 4.78 is 49.3. The van der Waals surface area contributed by atoms with Crippen LogP contribution in [0.5, 0.6) is 5.75 Å². The van der Waals surface area contributed by atoms with Crippen molar-refractivity contribution in [2.24, 2.45) is 5.92 Å². The molecule has 204 valence electrons. The number of piperidine rings is 1. The number of hydrogen-bond donors (Lipinski definition) is 1. The molecule has 1 N–H and O–H groups in total. The van der Waals surface area contributed by atoms with E-state index in [-0.39, 0.29) is 22.6 Å². The van der Waals surface area contributed by atoms with Crippen LogP contribution in [-0.2, 0) is 19.6 Å². The standard InChI is InChI=1S/C26H30FN3O6S2/c1-26(2,3)35-25(32)30-14-12-17(13-15-30)4-11-23(31)29-24-28-21-10-7-19(16-22(21)37-24)36-38(33,34)20-8-5-18(27)6-9-20/h5-10,16-17H,4,11-15H2,1-3H3,(H,28,29,31). The van der Waals surface area contributed by atoms with E-state index in [1.165, 1.54) is 23.5 Å². The van der Waals surface area contributed by atoms with E-state index in [9.17, 15) is 22.4 Å². The average molecular weight is 564 g/mol. The first-order chi connectivity index (χ1) is 17.9. The van der Waals surface area contributed by atoms with E-state index in [0.29, 0.717) is 47.2 Å². The van der Waals surface area contributed by atoms with Gasteiger partial charge in [0.05, 0.1) is 10.2 Å². The zero-order chi connectivity index (χ0) is 27.5. The summed E-state index contributed by atoms with van der Waals surface area (Å²) >= 11 is 1.21. The Balaban J connectivity index is 1.28. The third kappa shape index (κ3) is 7.41. The molecule has 0 atom stereocenters. The minimum Gasteiger partial charge on any atom is -0.444 e. The number of nitrogens with zero attached hydrogens (tertiary/aromatic N) is 2. The lowest BCUT2D eigenvalue weighted by Gasteiger charge is -2.33. The molecule has 12 heteroatoms. The molecule has 1 saturated heterocycles. The normalized spacial score (nSPS) is 14.9. The van der Waals surface area contributed by atoms with E-state index in [1.54, 1.807) is 11.0 Å². The number of nitrogens with one attached hydrogen (secondary N) is 1. The van der Waals surface area contributed by atoms with Crippen LogP contribution in [0.3, 0.4) is 0 Å². The molecule has 0 bridgehead atoms. The maximum atomic E-state index is 13.1. The van der Waals surface area contributed by atoms with Gasteiger partial charge in [-0.1, -0.05) is 11.3 Å². The minimum absolute atomic E-state index is 0.0843. The van der Waals surface area contributed by atoms with Crippen LogP contribution in [0.25, 0.3) is 10.2 Å². The van der Waals surface area contributed by atoms with Crippen LogP contribution in [0.2, 0.25) is 0 Å². The summed E-state index contributed by atoms with van der Waals surface area (Å²) in [4.78, 5) is 30.7. The third-order valence-corrected chi connectivity index (χ3v) is 8.16. The van der Waals surface area contributed by atoms with Crippen molar-refractivity contribution in [2.45, 2.75) is 57.0 Å². The molecule has 0 saturated carbocycles. The van der Waals surface area contributed by atoms with E-state index in [2.05, 4.69) is 10.3 Å². The van der Waals surface area contributed by atoms with E-state index < -0.39 is 21.5 Å². The van der Waals surface area contributed by atoms with Crippen molar-refractivity contribution in [1.82, 2.24) is 9.88 Å².